The average molecular weight is 389 g/mol. The van der Waals surface area contributed by atoms with E-state index in [1.807, 2.05) is 41.1 Å². The molecule has 116 valence electrons. The van der Waals surface area contributed by atoms with E-state index >= 15 is 0 Å². The van der Waals surface area contributed by atoms with E-state index in [1.165, 1.54) is 6.20 Å². The van der Waals surface area contributed by atoms with Gasteiger partial charge in [-0.15, -0.1) is 0 Å². The van der Waals surface area contributed by atoms with Gasteiger partial charge in [0.05, 0.1) is 5.56 Å². The van der Waals surface area contributed by atoms with E-state index < -0.39 is 0 Å². The van der Waals surface area contributed by atoms with E-state index in [2.05, 4.69) is 26.2 Å². The number of pyridine rings is 1. The minimum atomic E-state index is -0.155. The Kier molecular flexibility index (Phi) is 5.05. The molecule has 23 heavy (non-hydrogen) atoms. The number of thiophene rings is 1. The number of rotatable bonds is 5. The van der Waals surface area contributed by atoms with Crippen LogP contribution in [0.5, 0.6) is 11.6 Å². The second kappa shape index (κ2) is 7.39. The molecule has 1 N–H and O–H groups in total. The Balaban J connectivity index is 1.61. The van der Waals surface area contributed by atoms with E-state index in [9.17, 15) is 4.79 Å². The molecule has 4 nitrogen and oxygen atoms in total. The summed E-state index contributed by atoms with van der Waals surface area (Å²) in [4.78, 5) is 16.2. The fourth-order valence-electron chi connectivity index (χ4n) is 1.90. The molecule has 1 amide bonds. The highest BCUT2D eigenvalue weighted by Gasteiger charge is 2.07. The Morgan fingerprint density at radius 3 is 2.87 bits per heavy atom. The standard InChI is InChI=1S/C17H13BrN2O2S/c18-14-2-1-3-15(8-14)22-16-5-4-13(10-19-16)17(21)20-9-12-6-7-23-11-12/h1-8,10-11H,9H2,(H,20,21). The zero-order valence-electron chi connectivity index (χ0n) is 12.0. The predicted molar refractivity (Wildman–Crippen MR) is 93.9 cm³/mol. The van der Waals surface area contributed by atoms with Crippen LogP contribution < -0.4 is 10.1 Å². The molecule has 0 saturated carbocycles. The summed E-state index contributed by atoms with van der Waals surface area (Å²) < 4.78 is 6.57. The Morgan fingerprint density at radius 2 is 2.17 bits per heavy atom. The van der Waals surface area contributed by atoms with Crippen molar-refractivity contribution in [1.29, 1.82) is 0 Å². The first kappa shape index (κ1) is 15.7. The second-order valence-electron chi connectivity index (χ2n) is 4.76. The van der Waals surface area contributed by atoms with Gasteiger partial charge in [-0.2, -0.15) is 11.3 Å². The first-order chi connectivity index (χ1) is 11.2. The molecule has 0 aliphatic rings. The van der Waals surface area contributed by atoms with Crippen molar-refractivity contribution < 1.29 is 9.53 Å². The monoisotopic (exact) mass is 388 g/mol. The number of carbonyl (C=O) groups is 1. The lowest BCUT2D eigenvalue weighted by atomic mass is 10.2. The zero-order valence-corrected chi connectivity index (χ0v) is 14.4. The van der Waals surface area contributed by atoms with Crippen molar-refractivity contribution in [2.45, 2.75) is 6.54 Å². The third-order valence-corrected chi connectivity index (χ3v) is 4.28. The Labute approximate surface area is 146 Å². The second-order valence-corrected chi connectivity index (χ2v) is 6.45. The van der Waals surface area contributed by atoms with Gasteiger partial charge in [-0.3, -0.25) is 4.79 Å². The molecule has 2 aromatic heterocycles. The molecular formula is C17H13BrN2O2S. The number of hydrogen-bond acceptors (Lipinski definition) is 4. The van der Waals surface area contributed by atoms with E-state index in [0.29, 0.717) is 23.7 Å². The van der Waals surface area contributed by atoms with E-state index in [0.717, 1.165) is 10.0 Å². The highest BCUT2D eigenvalue weighted by Crippen LogP contribution is 2.22. The molecule has 3 aromatic rings. The molecule has 0 atom stereocenters. The third-order valence-electron chi connectivity index (χ3n) is 3.05. The van der Waals surface area contributed by atoms with E-state index in [-0.39, 0.29) is 5.91 Å². The summed E-state index contributed by atoms with van der Waals surface area (Å²) in [6.45, 7) is 0.513. The lowest BCUT2D eigenvalue weighted by Crippen LogP contribution is -2.22. The van der Waals surface area contributed by atoms with Gasteiger partial charge in [0.25, 0.3) is 5.91 Å². The average Bonchev–Trinajstić information content (AvgIpc) is 3.07. The van der Waals surface area contributed by atoms with E-state index in [4.69, 9.17) is 4.74 Å². The fraction of sp³-hybridized carbons (Fsp3) is 0.0588. The van der Waals surface area contributed by atoms with Crippen LogP contribution in [0.25, 0.3) is 0 Å². The van der Waals surface area contributed by atoms with Crippen molar-refractivity contribution in [3.05, 3.63) is 75.0 Å². The highest BCUT2D eigenvalue weighted by atomic mass is 79.9. The highest BCUT2D eigenvalue weighted by molar-refractivity contribution is 9.10. The van der Waals surface area contributed by atoms with Gasteiger partial charge in [0.15, 0.2) is 0 Å². The fourth-order valence-corrected chi connectivity index (χ4v) is 2.95. The largest absolute Gasteiger partial charge is 0.439 e. The quantitative estimate of drug-likeness (QED) is 0.693. The van der Waals surface area contributed by atoms with Gasteiger partial charge in [-0.1, -0.05) is 22.0 Å². The zero-order chi connectivity index (χ0) is 16.1. The normalized spacial score (nSPS) is 10.3. The van der Waals surface area contributed by atoms with Crippen LogP contribution >= 0.6 is 27.3 Å². The molecule has 6 heteroatoms. The van der Waals surface area contributed by atoms with Crippen LogP contribution in [0.1, 0.15) is 15.9 Å². The summed E-state index contributed by atoms with van der Waals surface area (Å²) in [6.07, 6.45) is 1.51. The first-order valence-electron chi connectivity index (χ1n) is 6.89. The summed E-state index contributed by atoms with van der Waals surface area (Å²) in [5.74, 6) is 0.969. The van der Waals surface area contributed by atoms with Crippen molar-refractivity contribution in [3.8, 4) is 11.6 Å². The molecule has 0 saturated heterocycles. The topological polar surface area (TPSA) is 51.2 Å². The maximum absolute atomic E-state index is 12.1. The molecule has 3 rings (SSSR count). The van der Waals surface area contributed by atoms with Gasteiger partial charge >= 0.3 is 0 Å². The molecule has 0 fully saturated rings. The minimum absolute atomic E-state index is 0.155. The summed E-state index contributed by atoms with van der Waals surface area (Å²) in [6, 6.07) is 12.9. The molecule has 1 aromatic carbocycles. The molecule has 2 heterocycles. The van der Waals surface area contributed by atoms with Gasteiger partial charge in [-0.25, -0.2) is 4.98 Å². The number of nitrogens with one attached hydrogen (secondary N) is 1. The number of aromatic nitrogens is 1. The smallest absolute Gasteiger partial charge is 0.253 e. The molecule has 0 aliphatic heterocycles. The molecule has 0 spiro atoms. The maximum atomic E-state index is 12.1. The number of ether oxygens (including phenoxy) is 1. The van der Waals surface area contributed by atoms with Crippen molar-refractivity contribution in [3.63, 3.8) is 0 Å². The maximum Gasteiger partial charge on any atom is 0.253 e. The first-order valence-corrected chi connectivity index (χ1v) is 8.63. The third kappa shape index (κ3) is 4.40. The van der Waals surface area contributed by atoms with Crippen molar-refractivity contribution >= 4 is 33.2 Å². The van der Waals surface area contributed by atoms with Gasteiger partial charge < -0.3 is 10.1 Å². The van der Waals surface area contributed by atoms with Crippen LogP contribution in [0.15, 0.2) is 63.9 Å². The summed E-state index contributed by atoms with van der Waals surface area (Å²) in [5, 5.41) is 6.85. The van der Waals surface area contributed by atoms with Crippen LogP contribution in [-0.2, 0) is 6.54 Å². The molecule has 0 radical (unpaired) electrons. The van der Waals surface area contributed by atoms with Gasteiger partial charge in [0.1, 0.15) is 5.75 Å². The summed E-state index contributed by atoms with van der Waals surface area (Å²) in [5.41, 5.74) is 1.59. The minimum Gasteiger partial charge on any atom is -0.439 e. The van der Waals surface area contributed by atoms with E-state index in [1.54, 1.807) is 23.5 Å². The lowest BCUT2D eigenvalue weighted by molar-refractivity contribution is 0.0950. The predicted octanol–water partition coefficient (Wildman–Crippen LogP) is 4.63. The molecular weight excluding hydrogens is 376 g/mol. The molecule has 0 aliphatic carbocycles. The summed E-state index contributed by atoms with van der Waals surface area (Å²) in [7, 11) is 0. The number of hydrogen-bond donors (Lipinski definition) is 1. The Hall–Kier alpha value is -2.18. The molecule has 0 bridgehead atoms. The lowest BCUT2D eigenvalue weighted by Gasteiger charge is -2.07. The Morgan fingerprint density at radius 1 is 1.26 bits per heavy atom. The van der Waals surface area contributed by atoms with Crippen LogP contribution in [0, 0.1) is 0 Å². The van der Waals surface area contributed by atoms with Gasteiger partial charge in [0.2, 0.25) is 5.88 Å². The van der Waals surface area contributed by atoms with Crippen LogP contribution in [0.2, 0.25) is 0 Å². The number of benzene rings is 1. The molecule has 0 unspecified atom stereocenters. The number of carbonyl (C=O) groups excluding carboxylic acids is 1. The van der Waals surface area contributed by atoms with Gasteiger partial charge in [0, 0.05) is 23.3 Å². The van der Waals surface area contributed by atoms with Crippen LogP contribution in [-0.4, -0.2) is 10.9 Å². The SMILES string of the molecule is O=C(NCc1ccsc1)c1ccc(Oc2cccc(Br)c2)nc1. The van der Waals surface area contributed by atoms with Crippen LogP contribution in [0.3, 0.4) is 0 Å². The van der Waals surface area contributed by atoms with Crippen molar-refractivity contribution in [2.24, 2.45) is 0 Å². The number of nitrogens with zero attached hydrogens (tertiary/aromatic N) is 1. The van der Waals surface area contributed by atoms with Crippen molar-refractivity contribution in [2.75, 3.05) is 0 Å². The van der Waals surface area contributed by atoms with Crippen LogP contribution in [0.4, 0.5) is 0 Å². The van der Waals surface area contributed by atoms with Crippen molar-refractivity contribution in [1.82, 2.24) is 10.3 Å². The van der Waals surface area contributed by atoms with Gasteiger partial charge in [-0.05, 0) is 46.7 Å². The Bertz CT molecular complexity index is 789. The number of halogens is 1. The number of amides is 1. The summed E-state index contributed by atoms with van der Waals surface area (Å²) >= 11 is 4.99.